The number of nitrogens with one attached hydrogen (secondary N) is 2. The van der Waals surface area contributed by atoms with Gasteiger partial charge in [0.2, 0.25) is 0 Å². The fourth-order valence-corrected chi connectivity index (χ4v) is 2.89. The highest BCUT2D eigenvalue weighted by Gasteiger charge is 2.13. The summed E-state index contributed by atoms with van der Waals surface area (Å²) in [5.74, 6) is 1.82. The standard InChI is InChI=1S/C20H35N3O2/c1-5-21-20(22-14-17(11-12-24)13-16(2)3)23-15-19(25-4)18-9-7-6-8-10-18/h6-10,16-17,19,24H,5,11-15H2,1-4H3,(H2,21,22,23). The van der Waals surface area contributed by atoms with E-state index in [9.17, 15) is 5.11 Å². The zero-order valence-electron chi connectivity index (χ0n) is 16.2. The molecule has 0 amide bonds. The molecule has 0 saturated carbocycles. The molecule has 3 N–H and O–H groups in total. The predicted octanol–water partition coefficient (Wildman–Crippen LogP) is 2.97. The van der Waals surface area contributed by atoms with Gasteiger partial charge in [0.25, 0.3) is 0 Å². The number of nitrogens with zero attached hydrogens (tertiary/aromatic N) is 1. The summed E-state index contributed by atoms with van der Waals surface area (Å²) in [5, 5.41) is 15.9. The van der Waals surface area contributed by atoms with Crippen LogP contribution in [0.4, 0.5) is 0 Å². The van der Waals surface area contributed by atoms with Gasteiger partial charge in [0.15, 0.2) is 5.96 Å². The summed E-state index contributed by atoms with van der Waals surface area (Å²) in [7, 11) is 1.73. The van der Waals surface area contributed by atoms with Gasteiger partial charge in [-0.2, -0.15) is 0 Å². The van der Waals surface area contributed by atoms with Gasteiger partial charge in [0.1, 0.15) is 0 Å². The van der Waals surface area contributed by atoms with Crippen molar-refractivity contribution < 1.29 is 9.84 Å². The fraction of sp³-hybridized carbons (Fsp3) is 0.650. The fourth-order valence-electron chi connectivity index (χ4n) is 2.89. The van der Waals surface area contributed by atoms with Gasteiger partial charge in [0.05, 0.1) is 6.10 Å². The van der Waals surface area contributed by atoms with Crippen LogP contribution in [0.25, 0.3) is 0 Å². The predicted molar refractivity (Wildman–Crippen MR) is 105 cm³/mol. The molecule has 2 atom stereocenters. The van der Waals surface area contributed by atoms with E-state index < -0.39 is 0 Å². The lowest BCUT2D eigenvalue weighted by molar-refractivity contribution is 0.106. The minimum atomic E-state index is -0.0195. The molecular formula is C20H35N3O2. The lowest BCUT2D eigenvalue weighted by atomic mass is 9.94. The molecule has 1 rings (SSSR count). The van der Waals surface area contributed by atoms with E-state index >= 15 is 0 Å². The number of ether oxygens (including phenoxy) is 1. The third kappa shape index (κ3) is 8.89. The van der Waals surface area contributed by atoms with E-state index in [4.69, 9.17) is 9.73 Å². The summed E-state index contributed by atoms with van der Waals surface area (Å²) in [5.41, 5.74) is 1.14. The summed E-state index contributed by atoms with van der Waals surface area (Å²) in [4.78, 5) is 4.71. The van der Waals surface area contributed by atoms with Gasteiger partial charge in [-0.25, -0.2) is 0 Å². The zero-order valence-corrected chi connectivity index (χ0v) is 16.2. The number of hydrogen-bond donors (Lipinski definition) is 3. The third-order valence-corrected chi connectivity index (χ3v) is 4.10. The minimum Gasteiger partial charge on any atom is -0.396 e. The van der Waals surface area contributed by atoms with Crippen LogP contribution in [-0.2, 0) is 4.74 Å². The first-order chi connectivity index (χ1) is 12.1. The molecule has 1 aromatic carbocycles. The first-order valence-corrected chi connectivity index (χ1v) is 9.31. The quantitative estimate of drug-likeness (QED) is 0.424. The maximum Gasteiger partial charge on any atom is 0.191 e. The van der Waals surface area contributed by atoms with Gasteiger partial charge < -0.3 is 20.5 Å². The van der Waals surface area contributed by atoms with Gasteiger partial charge >= 0.3 is 0 Å². The minimum absolute atomic E-state index is 0.0195. The Balaban J connectivity index is 2.64. The van der Waals surface area contributed by atoms with E-state index in [1.54, 1.807) is 7.11 Å². The smallest absolute Gasteiger partial charge is 0.191 e. The van der Waals surface area contributed by atoms with Crippen LogP contribution < -0.4 is 10.6 Å². The van der Waals surface area contributed by atoms with E-state index in [2.05, 4.69) is 43.5 Å². The first kappa shape index (κ1) is 21.5. The first-order valence-electron chi connectivity index (χ1n) is 9.31. The Labute approximate surface area is 152 Å². The molecule has 5 heteroatoms. The summed E-state index contributed by atoms with van der Waals surface area (Å²) >= 11 is 0. The van der Waals surface area contributed by atoms with Gasteiger partial charge in [0, 0.05) is 33.4 Å². The molecule has 0 radical (unpaired) electrons. The van der Waals surface area contributed by atoms with E-state index in [0.29, 0.717) is 18.4 Å². The Hall–Kier alpha value is -1.59. The summed E-state index contributed by atoms with van der Waals surface area (Å²) < 4.78 is 5.60. The third-order valence-electron chi connectivity index (χ3n) is 4.10. The van der Waals surface area contributed by atoms with Gasteiger partial charge in [-0.1, -0.05) is 44.2 Å². The molecule has 1 aromatic rings. The number of aliphatic hydroxyl groups excluding tert-OH is 1. The van der Waals surface area contributed by atoms with E-state index in [-0.39, 0.29) is 12.7 Å². The van der Waals surface area contributed by atoms with Gasteiger partial charge in [-0.05, 0) is 37.2 Å². The summed E-state index contributed by atoms with van der Waals surface area (Å²) in [6, 6.07) is 10.2. The van der Waals surface area contributed by atoms with Crippen molar-refractivity contribution >= 4 is 5.96 Å². The molecule has 0 aliphatic carbocycles. The molecule has 0 aliphatic rings. The van der Waals surface area contributed by atoms with Crippen molar-refractivity contribution in [1.82, 2.24) is 10.6 Å². The lowest BCUT2D eigenvalue weighted by Crippen LogP contribution is -2.40. The Morgan fingerprint density at radius 3 is 2.48 bits per heavy atom. The van der Waals surface area contributed by atoms with Crippen LogP contribution in [0.5, 0.6) is 0 Å². The van der Waals surface area contributed by atoms with Gasteiger partial charge in [-0.3, -0.25) is 4.99 Å². The van der Waals surface area contributed by atoms with Crippen molar-refractivity contribution in [1.29, 1.82) is 0 Å². The van der Waals surface area contributed by atoms with Gasteiger partial charge in [-0.15, -0.1) is 0 Å². The molecule has 0 bridgehead atoms. The Bertz CT molecular complexity index is 477. The Kier molecular flexibility index (Phi) is 10.9. The van der Waals surface area contributed by atoms with Crippen LogP contribution in [0, 0.1) is 11.8 Å². The molecule has 0 aliphatic heterocycles. The number of aliphatic imine (C=N–C) groups is 1. The molecule has 0 fully saturated rings. The number of methoxy groups -OCH3 is 1. The largest absolute Gasteiger partial charge is 0.396 e. The SMILES string of the molecule is CCNC(=NCC(CCO)CC(C)C)NCC(OC)c1ccccc1. The number of benzene rings is 1. The second-order valence-corrected chi connectivity index (χ2v) is 6.74. The highest BCUT2D eigenvalue weighted by molar-refractivity contribution is 5.79. The summed E-state index contributed by atoms with van der Waals surface area (Å²) in [6.07, 6.45) is 1.86. The maximum atomic E-state index is 9.26. The number of guanidine groups is 1. The number of hydrogen-bond acceptors (Lipinski definition) is 3. The average Bonchev–Trinajstić information content (AvgIpc) is 2.60. The van der Waals surface area contributed by atoms with Crippen molar-refractivity contribution in [2.75, 3.05) is 33.4 Å². The molecule has 0 spiro atoms. The van der Waals surface area contributed by atoms with Crippen molar-refractivity contribution in [3.63, 3.8) is 0 Å². The zero-order chi connectivity index (χ0) is 18.5. The molecule has 25 heavy (non-hydrogen) atoms. The van der Waals surface area contributed by atoms with E-state index in [1.807, 2.05) is 18.2 Å². The highest BCUT2D eigenvalue weighted by atomic mass is 16.5. The van der Waals surface area contributed by atoms with E-state index in [1.165, 1.54) is 0 Å². The van der Waals surface area contributed by atoms with Crippen molar-refractivity contribution in [2.24, 2.45) is 16.8 Å². The van der Waals surface area contributed by atoms with Crippen LogP contribution in [-0.4, -0.2) is 44.4 Å². The van der Waals surface area contributed by atoms with Crippen LogP contribution >= 0.6 is 0 Å². The van der Waals surface area contributed by atoms with E-state index in [0.717, 1.165) is 37.5 Å². The molecule has 0 aromatic heterocycles. The molecule has 5 nitrogen and oxygen atoms in total. The van der Waals surface area contributed by atoms with Crippen molar-refractivity contribution in [2.45, 2.75) is 39.7 Å². The van der Waals surface area contributed by atoms with Crippen LogP contribution in [0.3, 0.4) is 0 Å². The topological polar surface area (TPSA) is 65.9 Å². The second kappa shape index (κ2) is 12.7. The molecule has 0 heterocycles. The van der Waals surface area contributed by atoms with Crippen molar-refractivity contribution in [3.05, 3.63) is 35.9 Å². The molecule has 2 unspecified atom stereocenters. The molecule has 0 saturated heterocycles. The number of rotatable bonds is 11. The normalized spacial score (nSPS) is 14.4. The van der Waals surface area contributed by atoms with Crippen molar-refractivity contribution in [3.8, 4) is 0 Å². The van der Waals surface area contributed by atoms with Crippen LogP contribution in [0.15, 0.2) is 35.3 Å². The highest BCUT2D eigenvalue weighted by Crippen LogP contribution is 2.16. The average molecular weight is 350 g/mol. The second-order valence-electron chi connectivity index (χ2n) is 6.74. The van der Waals surface area contributed by atoms with Crippen LogP contribution in [0.1, 0.15) is 45.3 Å². The Morgan fingerprint density at radius 2 is 1.92 bits per heavy atom. The monoisotopic (exact) mass is 349 g/mol. The summed E-state index contributed by atoms with van der Waals surface area (Å²) in [6.45, 7) is 8.88. The number of aliphatic hydroxyl groups is 1. The Morgan fingerprint density at radius 1 is 1.20 bits per heavy atom. The molecular weight excluding hydrogens is 314 g/mol. The molecule has 142 valence electrons. The lowest BCUT2D eigenvalue weighted by Gasteiger charge is -2.20. The maximum absolute atomic E-state index is 9.26. The van der Waals surface area contributed by atoms with Crippen LogP contribution in [0.2, 0.25) is 0 Å².